The molecule has 1 aliphatic carbocycles. The molecule has 0 aromatic carbocycles. The summed E-state index contributed by atoms with van der Waals surface area (Å²) in [6.07, 6.45) is 6.92. The van der Waals surface area contributed by atoms with Crippen LogP contribution in [0.2, 0.25) is 0 Å². The van der Waals surface area contributed by atoms with Crippen LogP contribution in [0.4, 0.5) is 0 Å². The van der Waals surface area contributed by atoms with Crippen LogP contribution >= 0.6 is 0 Å². The van der Waals surface area contributed by atoms with Gasteiger partial charge in [0.25, 0.3) is 0 Å². The van der Waals surface area contributed by atoms with E-state index in [1.807, 2.05) is 0 Å². The van der Waals surface area contributed by atoms with E-state index < -0.39 is 0 Å². The van der Waals surface area contributed by atoms with Crippen molar-refractivity contribution in [1.29, 1.82) is 0 Å². The normalized spacial score (nSPS) is 18.4. The molecular formula is C7H11LiO. The van der Waals surface area contributed by atoms with Gasteiger partial charge in [0.2, 0.25) is 0 Å². The summed E-state index contributed by atoms with van der Waals surface area (Å²) >= 11 is 0. The monoisotopic (exact) mass is 118 g/mol. The molecule has 0 amide bonds. The van der Waals surface area contributed by atoms with E-state index in [0.717, 1.165) is 24.7 Å². The molecule has 1 rings (SSSR count). The van der Waals surface area contributed by atoms with Crippen molar-refractivity contribution < 1.29 is 24.0 Å². The number of allylic oxidation sites excluding steroid dienone is 1. The largest absolute Gasteiger partial charge is 1.00 e. The Kier molecular flexibility index (Phi) is 5.04. The van der Waals surface area contributed by atoms with Crippen molar-refractivity contribution in [3.05, 3.63) is 11.8 Å². The van der Waals surface area contributed by atoms with Gasteiger partial charge in [-0.05, 0) is 25.7 Å². The first-order valence-electron chi connectivity index (χ1n) is 3.23. The van der Waals surface area contributed by atoms with Gasteiger partial charge in [0.1, 0.15) is 0 Å². The van der Waals surface area contributed by atoms with Crippen LogP contribution in [-0.4, -0.2) is 0 Å². The fourth-order valence-corrected chi connectivity index (χ4v) is 1.12. The zero-order valence-corrected chi connectivity index (χ0v) is 6.02. The van der Waals surface area contributed by atoms with E-state index in [2.05, 4.69) is 0 Å². The van der Waals surface area contributed by atoms with Crippen LogP contribution in [0.1, 0.15) is 32.1 Å². The smallest absolute Gasteiger partial charge is 0.878 e. The molecule has 0 spiro atoms. The van der Waals surface area contributed by atoms with E-state index in [4.69, 9.17) is 0 Å². The van der Waals surface area contributed by atoms with Gasteiger partial charge in [-0.25, -0.2) is 0 Å². The molecule has 1 fully saturated rings. The van der Waals surface area contributed by atoms with Crippen LogP contribution in [0.25, 0.3) is 0 Å². The Morgan fingerprint density at radius 1 is 1.11 bits per heavy atom. The summed E-state index contributed by atoms with van der Waals surface area (Å²) in [6, 6.07) is 0. The van der Waals surface area contributed by atoms with Gasteiger partial charge in [0, 0.05) is 0 Å². The zero-order valence-electron chi connectivity index (χ0n) is 6.02. The fraction of sp³-hybridized carbons (Fsp3) is 0.714. The fourth-order valence-electron chi connectivity index (χ4n) is 1.12. The molecule has 2 heteroatoms. The number of hydrogen-bond acceptors (Lipinski definition) is 1. The molecule has 0 radical (unpaired) electrons. The van der Waals surface area contributed by atoms with Crippen LogP contribution in [0.3, 0.4) is 0 Å². The van der Waals surface area contributed by atoms with E-state index in [-0.39, 0.29) is 18.9 Å². The topological polar surface area (TPSA) is 23.1 Å². The van der Waals surface area contributed by atoms with Crippen LogP contribution in [-0.2, 0) is 0 Å². The van der Waals surface area contributed by atoms with Gasteiger partial charge in [-0.1, -0.05) is 12.0 Å². The molecule has 1 nitrogen and oxygen atoms in total. The Balaban J connectivity index is 0.000000640. The molecule has 0 N–H and O–H groups in total. The quantitative estimate of drug-likeness (QED) is 0.272. The van der Waals surface area contributed by atoms with Crippen molar-refractivity contribution in [3.63, 3.8) is 0 Å². The van der Waals surface area contributed by atoms with Gasteiger partial charge < -0.3 is 5.11 Å². The third kappa shape index (κ3) is 2.98. The molecule has 46 valence electrons. The van der Waals surface area contributed by atoms with Crippen molar-refractivity contribution in [1.82, 2.24) is 0 Å². The zero-order chi connectivity index (χ0) is 5.82. The van der Waals surface area contributed by atoms with Crippen LogP contribution in [0, 0.1) is 0 Å². The number of rotatable bonds is 0. The van der Waals surface area contributed by atoms with E-state index in [1.54, 1.807) is 0 Å². The van der Waals surface area contributed by atoms with Crippen molar-refractivity contribution >= 4 is 0 Å². The molecule has 0 saturated heterocycles. The summed E-state index contributed by atoms with van der Waals surface area (Å²) in [5.74, 6) is 0. The molecule has 0 bridgehead atoms. The second-order valence-electron chi connectivity index (χ2n) is 2.34. The van der Waals surface area contributed by atoms with Crippen LogP contribution in [0.15, 0.2) is 11.8 Å². The molecule has 0 aromatic rings. The first-order valence-corrected chi connectivity index (χ1v) is 3.23. The Labute approximate surface area is 68.3 Å². The standard InChI is InChI=1S/C7H12O.Li/c8-6-7-4-2-1-3-5-7;/h6,8H,1-5H2;/q;+1/p-1. The van der Waals surface area contributed by atoms with Crippen molar-refractivity contribution in [2.45, 2.75) is 32.1 Å². The maximum absolute atomic E-state index is 10.1. The average Bonchev–Trinajstić information content (AvgIpc) is 1.90. The minimum atomic E-state index is 0. The Bertz CT molecular complexity index is 91.1. The van der Waals surface area contributed by atoms with Crippen molar-refractivity contribution in [2.75, 3.05) is 0 Å². The van der Waals surface area contributed by atoms with E-state index in [0.29, 0.717) is 0 Å². The molecule has 0 unspecified atom stereocenters. The minimum absolute atomic E-state index is 0. The van der Waals surface area contributed by atoms with Crippen molar-refractivity contribution in [2.24, 2.45) is 0 Å². The Morgan fingerprint density at radius 3 is 2.00 bits per heavy atom. The summed E-state index contributed by atoms with van der Waals surface area (Å²) in [5, 5.41) is 10.1. The SMILES string of the molecule is [Li+].[O-]C=C1CCCCC1. The second-order valence-corrected chi connectivity index (χ2v) is 2.34. The van der Waals surface area contributed by atoms with Gasteiger partial charge in [-0.15, -0.1) is 6.26 Å². The number of hydrogen-bond donors (Lipinski definition) is 0. The van der Waals surface area contributed by atoms with Crippen LogP contribution in [0.5, 0.6) is 0 Å². The van der Waals surface area contributed by atoms with Gasteiger partial charge in [-0.2, -0.15) is 0 Å². The molecule has 0 aromatic heterocycles. The van der Waals surface area contributed by atoms with Gasteiger partial charge in [0.15, 0.2) is 0 Å². The summed E-state index contributed by atoms with van der Waals surface area (Å²) < 4.78 is 0. The predicted molar refractivity (Wildman–Crippen MR) is 31.2 cm³/mol. The maximum atomic E-state index is 10.1. The third-order valence-corrected chi connectivity index (χ3v) is 1.66. The summed E-state index contributed by atoms with van der Waals surface area (Å²) in [6.45, 7) is 0. The Morgan fingerprint density at radius 2 is 1.67 bits per heavy atom. The molecule has 1 aliphatic rings. The maximum Gasteiger partial charge on any atom is 1.00 e. The van der Waals surface area contributed by atoms with Gasteiger partial charge in [-0.3, -0.25) is 0 Å². The first kappa shape index (κ1) is 9.14. The minimum Gasteiger partial charge on any atom is -0.878 e. The predicted octanol–water partition coefficient (Wildman–Crippen LogP) is -1.80. The summed E-state index contributed by atoms with van der Waals surface area (Å²) in [5.41, 5.74) is 1.12. The second kappa shape index (κ2) is 4.97. The molecule has 0 aliphatic heterocycles. The molecule has 0 atom stereocenters. The average molecular weight is 118 g/mol. The Hall–Kier alpha value is 0.137. The molecule has 1 saturated carbocycles. The molecule has 9 heavy (non-hydrogen) atoms. The molecular weight excluding hydrogens is 107 g/mol. The van der Waals surface area contributed by atoms with E-state index >= 15 is 0 Å². The van der Waals surface area contributed by atoms with Gasteiger partial charge in [0.05, 0.1) is 0 Å². The van der Waals surface area contributed by atoms with Gasteiger partial charge >= 0.3 is 18.9 Å². The van der Waals surface area contributed by atoms with E-state index in [9.17, 15) is 5.11 Å². The summed E-state index contributed by atoms with van der Waals surface area (Å²) in [7, 11) is 0. The summed E-state index contributed by atoms with van der Waals surface area (Å²) in [4.78, 5) is 0. The first-order chi connectivity index (χ1) is 3.93. The van der Waals surface area contributed by atoms with E-state index in [1.165, 1.54) is 19.3 Å². The third-order valence-electron chi connectivity index (χ3n) is 1.66. The van der Waals surface area contributed by atoms with Crippen molar-refractivity contribution in [3.8, 4) is 0 Å². The van der Waals surface area contributed by atoms with Crippen LogP contribution < -0.4 is 24.0 Å². The molecule has 0 heterocycles.